The van der Waals surface area contributed by atoms with Crippen LogP contribution in [0.5, 0.6) is 17.2 Å². The lowest BCUT2D eigenvalue weighted by molar-refractivity contribution is -0.140. The molecule has 0 aromatic heterocycles. The van der Waals surface area contributed by atoms with Gasteiger partial charge in [0.05, 0.1) is 11.6 Å². The van der Waals surface area contributed by atoms with Crippen LogP contribution in [0.2, 0.25) is 0 Å². The van der Waals surface area contributed by atoms with Gasteiger partial charge in [-0.05, 0) is 92.6 Å². The number of Topliss-reactive ketones (excluding diaryl/α,β-unsaturated/α-hetero) is 1. The highest BCUT2D eigenvalue weighted by Gasteiger charge is 2.46. The number of ether oxygens (including phenoxy) is 2. The molecule has 1 aliphatic heterocycles. The van der Waals surface area contributed by atoms with E-state index in [1.165, 1.54) is 5.56 Å². The highest BCUT2D eigenvalue weighted by Crippen LogP contribution is 2.41. The number of benzene rings is 4. The molecular formula is C38H40N2O5. The van der Waals surface area contributed by atoms with Gasteiger partial charge in [0.2, 0.25) is 0 Å². The van der Waals surface area contributed by atoms with E-state index >= 15 is 0 Å². The number of hydrogen-bond donors (Lipinski definition) is 1. The molecule has 0 radical (unpaired) electrons. The Morgan fingerprint density at radius 2 is 1.51 bits per heavy atom. The van der Waals surface area contributed by atoms with Crippen molar-refractivity contribution in [2.24, 2.45) is 0 Å². The molecule has 0 saturated carbocycles. The number of nitrogens with zero attached hydrogens (tertiary/aromatic N) is 2. The van der Waals surface area contributed by atoms with Gasteiger partial charge in [0, 0.05) is 12.1 Å². The van der Waals surface area contributed by atoms with Crippen LogP contribution in [-0.2, 0) is 16.2 Å². The fourth-order valence-electron chi connectivity index (χ4n) is 5.55. The van der Waals surface area contributed by atoms with Gasteiger partial charge in [0.1, 0.15) is 29.6 Å². The van der Waals surface area contributed by atoms with Crippen molar-refractivity contribution in [3.05, 3.63) is 131 Å². The molecule has 1 N–H and O–H groups in total. The Labute approximate surface area is 265 Å². The SMILES string of the molecule is CCN(CC)CCCN1C(=O)C(=O)/C(=C(\O)c2ccc(OCc3ccc(C)cc3)cc2)C1c1cccc(Oc2ccccc2)c1. The molecule has 45 heavy (non-hydrogen) atoms. The fourth-order valence-corrected chi connectivity index (χ4v) is 5.55. The Morgan fingerprint density at radius 1 is 0.822 bits per heavy atom. The molecule has 4 aromatic rings. The van der Waals surface area contributed by atoms with Crippen molar-refractivity contribution >= 4 is 17.4 Å². The number of carbonyl (C=O) groups excluding carboxylic acids is 2. The molecular weight excluding hydrogens is 564 g/mol. The van der Waals surface area contributed by atoms with Gasteiger partial charge in [-0.3, -0.25) is 9.59 Å². The van der Waals surface area contributed by atoms with Crippen molar-refractivity contribution in [1.29, 1.82) is 0 Å². The second kappa shape index (κ2) is 14.7. The van der Waals surface area contributed by atoms with Crippen molar-refractivity contribution in [3.63, 3.8) is 0 Å². The van der Waals surface area contributed by atoms with E-state index < -0.39 is 17.7 Å². The highest BCUT2D eigenvalue weighted by atomic mass is 16.5. The van der Waals surface area contributed by atoms with Crippen LogP contribution in [0, 0.1) is 6.92 Å². The third kappa shape index (κ3) is 7.62. The minimum absolute atomic E-state index is 0.0630. The van der Waals surface area contributed by atoms with E-state index in [-0.39, 0.29) is 11.3 Å². The molecule has 232 valence electrons. The van der Waals surface area contributed by atoms with Crippen LogP contribution in [0.1, 0.15) is 48.6 Å². The van der Waals surface area contributed by atoms with Gasteiger partial charge in [-0.1, -0.05) is 74.0 Å². The van der Waals surface area contributed by atoms with Gasteiger partial charge in [-0.25, -0.2) is 0 Å². The number of aliphatic hydroxyl groups is 1. The first-order valence-corrected chi connectivity index (χ1v) is 15.5. The predicted molar refractivity (Wildman–Crippen MR) is 176 cm³/mol. The van der Waals surface area contributed by atoms with Gasteiger partial charge in [0.15, 0.2) is 0 Å². The first-order valence-electron chi connectivity index (χ1n) is 15.5. The Morgan fingerprint density at radius 3 is 2.20 bits per heavy atom. The zero-order valence-corrected chi connectivity index (χ0v) is 26.1. The normalized spacial score (nSPS) is 15.9. The molecule has 0 aliphatic carbocycles. The van der Waals surface area contributed by atoms with Gasteiger partial charge in [-0.2, -0.15) is 0 Å². The first kappa shape index (κ1) is 31.5. The Kier molecular flexibility index (Phi) is 10.3. The Balaban J connectivity index is 1.44. The molecule has 1 fully saturated rings. The number of ketones is 1. The average molecular weight is 605 g/mol. The van der Waals surface area contributed by atoms with E-state index in [0.717, 1.165) is 25.2 Å². The second-order valence-corrected chi connectivity index (χ2v) is 11.2. The van der Waals surface area contributed by atoms with Crippen LogP contribution in [-0.4, -0.2) is 52.8 Å². The summed E-state index contributed by atoms with van der Waals surface area (Å²) in [5, 5.41) is 11.6. The number of para-hydroxylation sites is 1. The zero-order chi connectivity index (χ0) is 31.8. The van der Waals surface area contributed by atoms with Crippen molar-refractivity contribution < 1.29 is 24.2 Å². The summed E-state index contributed by atoms with van der Waals surface area (Å²) in [7, 11) is 0. The topological polar surface area (TPSA) is 79.3 Å². The van der Waals surface area contributed by atoms with Crippen molar-refractivity contribution in [2.45, 2.75) is 39.8 Å². The largest absolute Gasteiger partial charge is 0.507 e. The molecule has 4 aromatic carbocycles. The van der Waals surface area contributed by atoms with Crippen LogP contribution in [0.3, 0.4) is 0 Å². The molecule has 7 heteroatoms. The Hall–Kier alpha value is -4.88. The first-order chi connectivity index (χ1) is 21.9. The number of likely N-dealkylation sites (tertiary alicyclic amines) is 1. The summed E-state index contributed by atoms with van der Waals surface area (Å²) in [6, 6.07) is 31.1. The summed E-state index contributed by atoms with van der Waals surface area (Å²) >= 11 is 0. The van der Waals surface area contributed by atoms with Crippen LogP contribution >= 0.6 is 0 Å². The zero-order valence-electron chi connectivity index (χ0n) is 26.1. The molecule has 1 heterocycles. The molecule has 1 unspecified atom stereocenters. The summed E-state index contributed by atoms with van der Waals surface area (Å²) < 4.78 is 12.0. The van der Waals surface area contributed by atoms with Crippen molar-refractivity contribution in [1.82, 2.24) is 9.80 Å². The third-order valence-corrected chi connectivity index (χ3v) is 8.11. The number of carbonyl (C=O) groups is 2. The molecule has 1 amide bonds. The third-order valence-electron chi connectivity index (χ3n) is 8.11. The summed E-state index contributed by atoms with van der Waals surface area (Å²) in [4.78, 5) is 30.9. The second-order valence-electron chi connectivity index (χ2n) is 11.2. The van der Waals surface area contributed by atoms with E-state index in [9.17, 15) is 14.7 Å². The summed E-state index contributed by atoms with van der Waals surface area (Å²) in [5.41, 5.74) is 3.41. The molecule has 0 bridgehead atoms. The van der Waals surface area contributed by atoms with Gasteiger partial charge >= 0.3 is 0 Å². The lowest BCUT2D eigenvalue weighted by Crippen LogP contribution is -2.33. The molecule has 0 spiro atoms. The standard InChI is InChI=1S/C38H40N2O5/c1-4-39(5-2)23-10-24-40-35(30-11-9-14-33(25-30)45-32-12-7-6-8-13-32)34(37(42)38(40)43)36(41)29-19-21-31(22-20-29)44-26-28-17-15-27(3)16-18-28/h6-9,11-22,25,35,41H,4-5,10,23-24,26H2,1-3H3/b36-34-. The summed E-state index contributed by atoms with van der Waals surface area (Å²) in [6.45, 7) is 9.64. The summed E-state index contributed by atoms with van der Waals surface area (Å²) in [5.74, 6) is 0.341. The van der Waals surface area contributed by atoms with E-state index in [1.54, 1.807) is 29.2 Å². The molecule has 5 rings (SSSR count). The van der Waals surface area contributed by atoms with Crippen molar-refractivity contribution in [3.8, 4) is 17.2 Å². The number of amides is 1. The number of aryl methyl sites for hydroxylation is 1. The fraction of sp³-hybridized carbons (Fsp3) is 0.263. The number of hydrogen-bond acceptors (Lipinski definition) is 6. The van der Waals surface area contributed by atoms with Gasteiger partial charge < -0.3 is 24.4 Å². The van der Waals surface area contributed by atoms with Crippen LogP contribution in [0.4, 0.5) is 0 Å². The smallest absolute Gasteiger partial charge is 0.295 e. The maximum absolute atomic E-state index is 13.6. The molecule has 1 aliphatic rings. The predicted octanol–water partition coefficient (Wildman–Crippen LogP) is 7.52. The van der Waals surface area contributed by atoms with E-state index in [0.29, 0.717) is 47.9 Å². The van der Waals surface area contributed by atoms with Gasteiger partial charge in [0.25, 0.3) is 11.7 Å². The molecule has 7 nitrogen and oxygen atoms in total. The van der Waals surface area contributed by atoms with E-state index in [1.807, 2.05) is 85.8 Å². The minimum Gasteiger partial charge on any atom is -0.507 e. The quantitative estimate of drug-likeness (QED) is 0.0966. The van der Waals surface area contributed by atoms with E-state index in [4.69, 9.17) is 9.47 Å². The van der Waals surface area contributed by atoms with Gasteiger partial charge in [-0.15, -0.1) is 0 Å². The summed E-state index contributed by atoms with van der Waals surface area (Å²) in [6.07, 6.45) is 0.693. The van der Waals surface area contributed by atoms with Crippen molar-refractivity contribution in [2.75, 3.05) is 26.2 Å². The number of aliphatic hydroxyl groups excluding tert-OH is 1. The number of rotatable bonds is 13. The molecule has 1 atom stereocenters. The Bertz CT molecular complexity index is 1630. The van der Waals surface area contributed by atoms with Crippen LogP contribution < -0.4 is 9.47 Å². The maximum Gasteiger partial charge on any atom is 0.295 e. The van der Waals surface area contributed by atoms with E-state index in [2.05, 4.69) is 18.7 Å². The average Bonchev–Trinajstić information content (AvgIpc) is 3.32. The maximum atomic E-state index is 13.6. The van der Waals surface area contributed by atoms with Crippen LogP contribution in [0.25, 0.3) is 5.76 Å². The lowest BCUT2D eigenvalue weighted by atomic mass is 9.95. The molecule has 1 saturated heterocycles. The monoisotopic (exact) mass is 604 g/mol. The highest BCUT2D eigenvalue weighted by molar-refractivity contribution is 6.46. The lowest BCUT2D eigenvalue weighted by Gasteiger charge is -2.27. The minimum atomic E-state index is -0.765. The van der Waals surface area contributed by atoms with Crippen LogP contribution in [0.15, 0.2) is 109 Å².